The van der Waals surface area contributed by atoms with Crippen LogP contribution >= 0.6 is 11.6 Å². The fourth-order valence-corrected chi connectivity index (χ4v) is 3.72. The lowest BCUT2D eigenvalue weighted by Crippen LogP contribution is -2.47. The minimum absolute atomic E-state index is 0.165. The number of halogens is 1. The fraction of sp³-hybridized carbons (Fsp3) is 0.273. The van der Waals surface area contributed by atoms with E-state index in [9.17, 15) is 4.79 Å². The van der Waals surface area contributed by atoms with Gasteiger partial charge in [-0.05, 0) is 24.3 Å². The minimum atomic E-state index is -0.320. The van der Waals surface area contributed by atoms with Crippen LogP contribution in [0.1, 0.15) is 0 Å². The van der Waals surface area contributed by atoms with Crippen molar-refractivity contribution in [2.75, 3.05) is 49.5 Å². The highest BCUT2D eigenvalue weighted by Crippen LogP contribution is 2.17. The van der Waals surface area contributed by atoms with E-state index >= 15 is 0 Å². The van der Waals surface area contributed by atoms with Crippen molar-refractivity contribution in [1.82, 2.24) is 14.7 Å². The fourth-order valence-electron chi connectivity index (χ4n) is 3.53. The predicted octanol–water partition coefficient (Wildman–Crippen LogP) is 3.12. The number of hydrogen-bond acceptors (Lipinski definition) is 5. The predicted molar refractivity (Wildman–Crippen MR) is 118 cm³/mol. The molecule has 1 aliphatic rings. The molecule has 1 aliphatic heterocycles. The van der Waals surface area contributed by atoms with E-state index in [1.165, 1.54) is 10.4 Å². The maximum absolute atomic E-state index is 12.5. The van der Waals surface area contributed by atoms with Crippen molar-refractivity contribution in [3.63, 3.8) is 0 Å². The molecule has 1 fully saturated rings. The summed E-state index contributed by atoms with van der Waals surface area (Å²) in [5, 5.41) is 7.68. The maximum Gasteiger partial charge on any atom is 0.292 e. The van der Waals surface area contributed by atoms with E-state index in [2.05, 4.69) is 44.5 Å². The molecule has 0 atom stereocenters. The molecule has 1 saturated heterocycles. The molecule has 0 aliphatic carbocycles. The van der Waals surface area contributed by atoms with Crippen LogP contribution in [-0.4, -0.2) is 53.9 Å². The van der Waals surface area contributed by atoms with E-state index < -0.39 is 0 Å². The van der Waals surface area contributed by atoms with E-state index in [0.29, 0.717) is 17.9 Å². The number of nitrogens with one attached hydrogen (secondary N) is 1. The Kier molecular flexibility index (Phi) is 6.12. The Hall–Kier alpha value is -2.83. The van der Waals surface area contributed by atoms with E-state index in [1.807, 2.05) is 36.4 Å². The Bertz CT molecular complexity index is 985. The second-order valence-corrected chi connectivity index (χ2v) is 7.39. The summed E-state index contributed by atoms with van der Waals surface area (Å²) in [6, 6.07) is 19.8. The molecule has 29 heavy (non-hydrogen) atoms. The van der Waals surface area contributed by atoms with Gasteiger partial charge in [-0.3, -0.25) is 9.69 Å². The van der Waals surface area contributed by atoms with Gasteiger partial charge in [-0.1, -0.05) is 48.0 Å². The summed E-state index contributed by atoms with van der Waals surface area (Å²) in [6.45, 7) is 5.65. The molecule has 7 heteroatoms. The Labute approximate surface area is 175 Å². The quantitative estimate of drug-likeness (QED) is 0.678. The summed E-state index contributed by atoms with van der Waals surface area (Å²) in [5.74, 6) is 0. The van der Waals surface area contributed by atoms with Crippen LogP contribution < -0.4 is 15.8 Å². The molecular formula is C22H24ClN5O. The molecule has 150 valence electrons. The van der Waals surface area contributed by atoms with Crippen LogP contribution in [0.4, 0.5) is 11.4 Å². The number of piperazine rings is 1. The van der Waals surface area contributed by atoms with Crippen LogP contribution in [0, 0.1) is 0 Å². The van der Waals surface area contributed by atoms with Gasteiger partial charge in [0.15, 0.2) is 0 Å². The van der Waals surface area contributed by atoms with Gasteiger partial charge in [-0.15, -0.1) is 0 Å². The summed E-state index contributed by atoms with van der Waals surface area (Å²) in [5.41, 5.74) is 2.23. The maximum atomic E-state index is 12.5. The topological polar surface area (TPSA) is 53.4 Å². The van der Waals surface area contributed by atoms with Gasteiger partial charge in [-0.25, -0.2) is 0 Å². The van der Waals surface area contributed by atoms with Gasteiger partial charge in [0, 0.05) is 45.0 Å². The zero-order chi connectivity index (χ0) is 20.1. The molecular weight excluding hydrogens is 386 g/mol. The summed E-state index contributed by atoms with van der Waals surface area (Å²) >= 11 is 6.30. The SMILES string of the molecule is O=c1c(Cl)c(NCCN2CCN(c3ccccc3)CC2)cnn1-c1ccccc1. The average molecular weight is 410 g/mol. The third kappa shape index (κ3) is 4.60. The van der Waals surface area contributed by atoms with E-state index in [4.69, 9.17) is 11.6 Å². The zero-order valence-corrected chi connectivity index (χ0v) is 16.9. The molecule has 4 rings (SSSR count). The number of anilines is 2. The Morgan fingerprint density at radius 3 is 2.17 bits per heavy atom. The molecule has 0 saturated carbocycles. The molecule has 1 aromatic heterocycles. The highest BCUT2D eigenvalue weighted by Gasteiger charge is 2.17. The second kappa shape index (κ2) is 9.11. The molecule has 3 aromatic rings. The summed E-state index contributed by atoms with van der Waals surface area (Å²) in [6.07, 6.45) is 1.62. The molecule has 0 spiro atoms. The van der Waals surface area contributed by atoms with Crippen molar-refractivity contribution in [2.24, 2.45) is 0 Å². The number of aromatic nitrogens is 2. The van der Waals surface area contributed by atoms with Gasteiger partial charge in [0.2, 0.25) is 0 Å². The molecule has 6 nitrogen and oxygen atoms in total. The van der Waals surface area contributed by atoms with Crippen LogP contribution in [0.25, 0.3) is 5.69 Å². The number of para-hydroxylation sites is 2. The number of rotatable bonds is 6. The lowest BCUT2D eigenvalue weighted by molar-refractivity contribution is 0.267. The van der Waals surface area contributed by atoms with E-state index in [0.717, 1.165) is 32.7 Å². The molecule has 0 radical (unpaired) electrons. The van der Waals surface area contributed by atoms with Crippen molar-refractivity contribution >= 4 is 23.0 Å². The third-order valence-electron chi connectivity index (χ3n) is 5.16. The standard InChI is InChI=1S/C22H24ClN5O/c23-21-20(17-25-28(22(21)29)19-9-5-2-6-10-19)24-11-12-26-13-15-27(16-14-26)18-7-3-1-4-8-18/h1-10,17,24H,11-16H2. The minimum Gasteiger partial charge on any atom is -0.381 e. The van der Waals surface area contributed by atoms with Gasteiger partial charge in [0.25, 0.3) is 5.56 Å². The molecule has 0 unspecified atom stereocenters. The first-order valence-corrected chi connectivity index (χ1v) is 10.2. The molecule has 1 N–H and O–H groups in total. The molecule has 0 bridgehead atoms. The lowest BCUT2D eigenvalue weighted by Gasteiger charge is -2.36. The van der Waals surface area contributed by atoms with Gasteiger partial charge < -0.3 is 10.2 Å². The number of hydrogen-bond donors (Lipinski definition) is 1. The Morgan fingerprint density at radius 1 is 0.897 bits per heavy atom. The summed E-state index contributed by atoms with van der Waals surface area (Å²) < 4.78 is 1.32. The van der Waals surface area contributed by atoms with Crippen molar-refractivity contribution in [3.05, 3.63) is 82.2 Å². The second-order valence-electron chi connectivity index (χ2n) is 7.02. The van der Waals surface area contributed by atoms with Crippen molar-refractivity contribution in [2.45, 2.75) is 0 Å². The van der Waals surface area contributed by atoms with E-state index in [-0.39, 0.29) is 10.6 Å². The number of nitrogens with zero attached hydrogens (tertiary/aromatic N) is 4. The lowest BCUT2D eigenvalue weighted by atomic mass is 10.2. The Morgan fingerprint density at radius 2 is 1.52 bits per heavy atom. The Balaban J connectivity index is 1.30. The largest absolute Gasteiger partial charge is 0.381 e. The van der Waals surface area contributed by atoms with Gasteiger partial charge >= 0.3 is 0 Å². The van der Waals surface area contributed by atoms with Crippen LogP contribution in [0.3, 0.4) is 0 Å². The van der Waals surface area contributed by atoms with Crippen LogP contribution in [-0.2, 0) is 0 Å². The van der Waals surface area contributed by atoms with Gasteiger partial charge in [0.05, 0.1) is 17.6 Å². The normalized spacial score (nSPS) is 14.7. The molecule has 2 heterocycles. The molecule has 2 aromatic carbocycles. The van der Waals surface area contributed by atoms with Crippen LogP contribution in [0.15, 0.2) is 71.7 Å². The van der Waals surface area contributed by atoms with Gasteiger partial charge in [0.1, 0.15) is 5.02 Å². The first-order chi connectivity index (χ1) is 14.2. The third-order valence-corrected chi connectivity index (χ3v) is 5.52. The molecule has 0 amide bonds. The summed E-state index contributed by atoms with van der Waals surface area (Å²) in [4.78, 5) is 17.4. The van der Waals surface area contributed by atoms with Crippen molar-refractivity contribution in [1.29, 1.82) is 0 Å². The average Bonchev–Trinajstić information content (AvgIpc) is 2.78. The number of benzene rings is 2. The van der Waals surface area contributed by atoms with Crippen molar-refractivity contribution in [3.8, 4) is 5.69 Å². The van der Waals surface area contributed by atoms with E-state index in [1.54, 1.807) is 6.20 Å². The zero-order valence-electron chi connectivity index (χ0n) is 16.2. The highest BCUT2D eigenvalue weighted by molar-refractivity contribution is 6.32. The van der Waals surface area contributed by atoms with Gasteiger partial charge in [-0.2, -0.15) is 9.78 Å². The monoisotopic (exact) mass is 409 g/mol. The van der Waals surface area contributed by atoms with Crippen LogP contribution in [0.2, 0.25) is 5.02 Å². The first-order valence-electron chi connectivity index (χ1n) is 9.82. The van der Waals surface area contributed by atoms with Crippen molar-refractivity contribution < 1.29 is 0 Å². The first kappa shape index (κ1) is 19.5. The summed E-state index contributed by atoms with van der Waals surface area (Å²) in [7, 11) is 0. The smallest absolute Gasteiger partial charge is 0.292 e. The highest BCUT2D eigenvalue weighted by atomic mass is 35.5. The van der Waals surface area contributed by atoms with Crippen LogP contribution in [0.5, 0.6) is 0 Å².